The van der Waals surface area contributed by atoms with E-state index in [4.69, 9.17) is 4.74 Å². The summed E-state index contributed by atoms with van der Waals surface area (Å²) in [6.45, 7) is 4.95. The second-order valence-corrected chi connectivity index (χ2v) is 20.0. The van der Waals surface area contributed by atoms with Crippen LogP contribution in [0.15, 0.2) is 0 Å². The zero-order valence-corrected chi connectivity index (χ0v) is 42.8. The molecule has 63 heavy (non-hydrogen) atoms. The lowest BCUT2D eigenvalue weighted by molar-refractivity contribution is -0.143. The van der Waals surface area contributed by atoms with Crippen molar-refractivity contribution in [3.05, 3.63) is 0 Å². The topological polar surface area (TPSA) is 95.9 Å². The first-order chi connectivity index (χ1) is 31.0. The third kappa shape index (κ3) is 50.1. The van der Waals surface area contributed by atoms with Crippen molar-refractivity contribution in [3.63, 3.8) is 0 Å². The maximum absolute atomic E-state index is 12.4. The van der Waals surface area contributed by atoms with Crippen molar-refractivity contribution < 1.29 is 24.5 Å². The van der Waals surface area contributed by atoms with E-state index in [9.17, 15) is 19.8 Å². The third-order valence-electron chi connectivity index (χ3n) is 13.7. The van der Waals surface area contributed by atoms with Crippen LogP contribution in [0.3, 0.4) is 0 Å². The van der Waals surface area contributed by atoms with Crippen molar-refractivity contribution in [1.82, 2.24) is 5.32 Å². The molecule has 0 aliphatic rings. The third-order valence-corrected chi connectivity index (χ3v) is 13.7. The van der Waals surface area contributed by atoms with Gasteiger partial charge in [0.25, 0.3) is 0 Å². The number of ether oxygens (including phenoxy) is 1. The van der Waals surface area contributed by atoms with Gasteiger partial charge in [0.15, 0.2) is 0 Å². The molecule has 0 saturated heterocycles. The summed E-state index contributed by atoms with van der Waals surface area (Å²) in [7, 11) is 0. The Balaban J connectivity index is 3.32. The predicted octanol–water partition coefficient (Wildman–Crippen LogP) is 17.5. The number of hydrogen-bond donors (Lipinski definition) is 3. The summed E-state index contributed by atoms with van der Waals surface area (Å²) in [5.41, 5.74) is 0. The minimum absolute atomic E-state index is 0.0172. The zero-order chi connectivity index (χ0) is 45.8. The van der Waals surface area contributed by atoms with Crippen LogP contribution in [0.2, 0.25) is 0 Å². The molecule has 3 N–H and O–H groups in total. The SMILES string of the molecule is CCCCCCCCCCCCCCCCC(=O)OCCCCCCCCCCCCCCCCCCCCCCCCCC(=O)NC(CO)C(O)CCCCCCCCCCC. The Morgan fingerprint density at radius 3 is 0.968 bits per heavy atom. The van der Waals surface area contributed by atoms with Gasteiger partial charge in [-0.1, -0.05) is 290 Å². The Morgan fingerprint density at radius 1 is 0.381 bits per heavy atom. The monoisotopic (exact) mass is 892 g/mol. The van der Waals surface area contributed by atoms with Crippen LogP contribution < -0.4 is 5.32 Å². The van der Waals surface area contributed by atoms with E-state index in [0.717, 1.165) is 38.5 Å². The highest BCUT2D eigenvalue weighted by Crippen LogP contribution is 2.18. The Bertz CT molecular complexity index is 898. The van der Waals surface area contributed by atoms with Gasteiger partial charge in [-0.3, -0.25) is 9.59 Å². The molecular formula is C57H113NO5. The molecule has 0 radical (unpaired) electrons. The van der Waals surface area contributed by atoms with Gasteiger partial charge in [-0.05, 0) is 25.7 Å². The molecule has 2 atom stereocenters. The minimum atomic E-state index is -0.660. The number of nitrogens with one attached hydrogen (secondary N) is 1. The van der Waals surface area contributed by atoms with Crippen LogP contribution in [0.5, 0.6) is 0 Å². The molecule has 0 aliphatic heterocycles. The van der Waals surface area contributed by atoms with Gasteiger partial charge >= 0.3 is 5.97 Å². The molecule has 0 fully saturated rings. The molecule has 0 rings (SSSR count). The molecule has 1 amide bonds. The molecule has 0 saturated carbocycles. The summed E-state index contributed by atoms with van der Waals surface area (Å²) in [4.78, 5) is 24.4. The highest BCUT2D eigenvalue weighted by atomic mass is 16.5. The van der Waals surface area contributed by atoms with Crippen molar-refractivity contribution in [1.29, 1.82) is 0 Å². The molecule has 0 aromatic carbocycles. The number of aliphatic hydroxyl groups excluding tert-OH is 2. The molecule has 376 valence electrons. The Hall–Kier alpha value is -1.14. The molecule has 0 aliphatic carbocycles. The van der Waals surface area contributed by atoms with Crippen molar-refractivity contribution in [2.75, 3.05) is 13.2 Å². The van der Waals surface area contributed by atoms with E-state index in [2.05, 4.69) is 19.2 Å². The number of amides is 1. The number of carbonyl (C=O) groups excluding carboxylic acids is 2. The second-order valence-electron chi connectivity index (χ2n) is 20.0. The molecule has 0 spiro atoms. The van der Waals surface area contributed by atoms with Crippen molar-refractivity contribution in [2.24, 2.45) is 0 Å². The van der Waals surface area contributed by atoms with E-state index < -0.39 is 12.1 Å². The highest BCUT2D eigenvalue weighted by Gasteiger charge is 2.20. The first-order valence-electron chi connectivity index (χ1n) is 28.8. The summed E-state index contributed by atoms with van der Waals surface area (Å²) >= 11 is 0. The number of esters is 1. The van der Waals surface area contributed by atoms with Crippen molar-refractivity contribution >= 4 is 11.9 Å². The normalized spacial score (nSPS) is 12.5. The fourth-order valence-corrected chi connectivity index (χ4v) is 9.23. The smallest absolute Gasteiger partial charge is 0.305 e. The largest absolute Gasteiger partial charge is 0.466 e. The zero-order valence-electron chi connectivity index (χ0n) is 42.8. The van der Waals surface area contributed by atoms with Gasteiger partial charge in [0.05, 0.1) is 25.4 Å². The fourth-order valence-electron chi connectivity index (χ4n) is 9.23. The van der Waals surface area contributed by atoms with Crippen molar-refractivity contribution in [3.8, 4) is 0 Å². The van der Waals surface area contributed by atoms with Crippen LogP contribution in [0.4, 0.5) is 0 Å². The summed E-state index contributed by atoms with van der Waals surface area (Å²) in [6.07, 6.45) is 61.1. The molecule has 0 heterocycles. The Labute approximate surface area is 394 Å². The van der Waals surface area contributed by atoms with E-state index >= 15 is 0 Å². The maximum atomic E-state index is 12.4. The predicted molar refractivity (Wildman–Crippen MR) is 274 cm³/mol. The second kappa shape index (κ2) is 53.5. The molecule has 0 aromatic heterocycles. The first-order valence-corrected chi connectivity index (χ1v) is 28.8. The van der Waals surface area contributed by atoms with E-state index in [-0.39, 0.29) is 18.5 Å². The van der Waals surface area contributed by atoms with Crippen LogP contribution in [-0.4, -0.2) is 47.4 Å². The molecule has 6 nitrogen and oxygen atoms in total. The average Bonchev–Trinajstić information content (AvgIpc) is 3.28. The quantitative estimate of drug-likeness (QED) is 0.0418. The van der Waals surface area contributed by atoms with Gasteiger partial charge in [-0.15, -0.1) is 0 Å². The van der Waals surface area contributed by atoms with E-state index in [0.29, 0.717) is 25.9 Å². The minimum Gasteiger partial charge on any atom is -0.466 e. The van der Waals surface area contributed by atoms with Crippen LogP contribution in [0.25, 0.3) is 0 Å². The van der Waals surface area contributed by atoms with Gasteiger partial charge in [0, 0.05) is 12.8 Å². The lowest BCUT2D eigenvalue weighted by Gasteiger charge is -2.22. The highest BCUT2D eigenvalue weighted by molar-refractivity contribution is 5.76. The van der Waals surface area contributed by atoms with E-state index in [1.807, 2.05) is 0 Å². The summed E-state index contributed by atoms with van der Waals surface area (Å²) < 4.78 is 5.48. The Morgan fingerprint density at radius 2 is 0.651 bits per heavy atom. The molecule has 2 unspecified atom stereocenters. The van der Waals surface area contributed by atoms with Gasteiger partial charge < -0.3 is 20.3 Å². The molecule has 6 heteroatoms. The van der Waals surface area contributed by atoms with Crippen LogP contribution in [0.1, 0.15) is 328 Å². The number of aliphatic hydroxyl groups is 2. The summed E-state index contributed by atoms with van der Waals surface area (Å²) in [6, 6.07) is -0.537. The van der Waals surface area contributed by atoms with Crippen LogP contribution in [0, 0.1) is 0 Å². The summed E-state index contributed by atoms with van der Waals surface area (Å²) in [5, 5.41) is 23.1. The van der Waals surface area contributed by atoms with Gasteiger partial charge in [0.1, 0.15) is 0 Å². The standard InChI is InChI=1S/C57H113NO5/c1-3-5-7-9-11-13-14-15-28-31-35-39-43-47-51-57(62)63-52-48-44-40-36-32-29-26-24-22-20-18-16-17-19-21-23-25-27-30-34-38-42-46-50-56(61)58-54(53-59)55(60)49-45-41-37-33-12-10-8-6-4-2/h54-55,59-60H,3-53H2,1-2H3,(H,58,61). The van der Waals surface area contributed by atoms with E-state index in [1.165, 1.54) is 257 Å². The van der Waals surface area contributed by atoms with Gasteiger partial charge in [0.2, 0.25) is 5.91 Å². The number of rotatable bonds is 54. The lowest BCUT2D eigenvalue weighted by atomic mass is 10.0. The maximum Gasteiger partial charge on any atom is 0.305 e. The number of hydrogen-bond acceptors (Lipinski definition) is 5. The lowest BCUT2D eigenvalue weighted by Crippen LogP contribution is -2.45. The molecular weight excluding hydrogens is 779 g/mol. The fraction of sp³-hybridized carbons (Fsp3) is 0.965. The van der Waals surface area contributed by atoms with Gasteiger partial charge in [-0.2, -0.15) is 0 Å². The van der Waals surface area contributed by atoms with Crippen LogP contribution >= 0.6 is 0 Å². The van der Waals surface area contributed by atoms with E-state index in [1.54, 1.807) is 0 Å². The molecule has 0 bridgehead atoms. The van der Waals surface area contributed by atoms with Gasteiger partial charge in [-0.25, -0.2) is 0 Å². The van der Waals surface area contributed by atoms with Crippen molar-refractivity contribution in [2.45, 2.75) is 341 Å². The number of unbranched alkanes of at least 4 members (excludes halogenated alkanes) is 43. The number of carbonyl (C=O) groups is 2. The molecule has 0 aromatic rings. The summed E-state index contributed by atoms with van der Waals surface area (Å²) in [5.74, 6) is -0.0181. The first kappa shape index (κ1) is 61.9. The average molecular weight is 893 g/mol. The Kier molecular flexibility index (Phi) is 52.5. The van der Waals surface area contributed by atoms with Crippen LogP contribution in [-0.2, 0) is 14.3 Å².